The van der Waals surface area contributed by atoms with Crippen molar-refractivity contribution in [2.24, 2.45) is 10.9 Å². The molecule has 0 unspecified atom stereocenters. The maximum Gasteiger partial charge on any atom is 0.266 e. The molecule has 134 valence electrons. The van der Waals surface area contributed by atoms with Gasteiger partial charge in [0, 0.05) is 5.56 Å². The summed E-state index contributed by atoms with van der Waals surface area (Å²) in [4.78, 5) is 13.5. The number of H-pyrrole nitrogens is 1. The largest absolute Gasteiger partial charge is 0.363 e. The molecule has 0 fully saturated rings. The van der Waals surface area contributed by atoms with Gasteiger partial charge in [-0.1, -0.05) is 18.2 Å². The molecule has 0 bridgehead atoms. The maximum atomic E-state index is 14.2. The average Bonchev–Trinajstić information content (AvgIpc) is 2.98. The first kappa shape index (κ1) is 18.5. The van der Waals surface area contributed by atoms with Gasteiger partial charge in [0.2, 0.25) is 0 Å². The van der Waals surface area contributed by atoms with Gasteiger partial charge in [-0.05, 0) is 18.2 Å². The minimum atomic E-state index is -2.94. The maximum absolute atomic E-state index is 14.2. The van der Waals surface area contributed by atoms with E-state index in [-0.39, 0.29) is 29.4 Å². The molecule has 0 saturated carbocycles. The fourth-order valence-electron chi connectivity index (χ4n) is 2.35. The molecule has 0 spiro atoms. The Morgan fingerprint density at radius 1 is 1.40 bits per heavy atom. The van der Waals surface area contributed by atoms with E-state index in [0.29, 0.717) is 5.82 Å². The van der Waals surface area contributed by atoms with E-state index in [2.05, 4.69) is 20.8 Å². The molecule has 2 rings (SSSR count). The fourth-order valence-corrected chi connectivity index (χ4v) is 2.35. The van der Waals surface area contributed by atoms with Crippen molar-refractivity contribution in [1.29, 1.82) is 5.41 Å². The Labute approximate surface area is 141 Å². The molecule has 0 aliphatic rings. The number of aromatic nitrogens is 1. The number of hydrogen-bond acceptors (Lipinski definition) is 5. The van der Waals surface area contributed by atoms with Crippen LogP contribution in [0.4, 0.5) is 24.8 Å². The van der Waals surface area contributed by atoms with Crippen molar-refractivity contribution in [3.63, 3.8) is 0 Å². The Hall–Kier alpha value is -2.88. The topological polar surface area (TPSA) is 119 Å². The predicted octanol–water partition coefficient (Wildman–Crippen LogP) is 3.49. The molecule has 6 N–H and O–H groups in total. The van der Waals surface area contributed by atoms with Gasteiger partial charge in [-0.15, -0.1) is 4.91 Å². The van der Waals surface area contributed by atoms with Gasteiger partial charge in [0.15, 0.2) is 5.82 Å². The highest BCUT2D eigenvalue weighted by atomic mass is 19.3. The van der Waals surface area contributed by atoms with Gasteiger partial charge in [0.05, 0.1) is 23.8 Å². The van der Waals surface area contributed by atoms with Gasteiger partial charge >= 0.3 is 0 Å². The molecule has 7 nitrogen and oxygen atoms in total. The van der Waals surface area contributed by atoms with E-state index in [0.717, 1.165) is 6.07 Å². The molecule has 10 heteroatoms. The summed E-state index contributed by atoms with van der Waals surface area (Å²) in [5, 5.41) is 16.2. The normalized spacial score (nSPS) is 12.1. The number of amidine groups is 1. The standard InChI is InChI=1S/C15H17F3N6O/c1-7(8-3-2-4-9(12(8)16)13(17)18)22-14(20)10-5-11(21-6-19)23-15(10)24-25/h2-5,7,13,21,23H,6,19H2,1H3,(H2,20,22)/t7-/m1/s1. The van der Waals surface area contributed by atoms with E-state index in [9.17, 15) is 18.1 Å². The van der Waals surface area contributed by atoms with Crippen LogP contribution in [0.1, 0.15) is 36.1 Å². The van der Waals surface area contributed by atoms with Crippen LogP contribution in [0.5, 0.6) is 0 Å². The summed E-state index contributed by atoms with van der Waals surface area (Å²) in [6, 6.07) is 4.33. The number of anilines is 1. The lowest BCUT2D eigenvalue weighted by atomic mass is 10.0. The van der Waals surface area contributed by atoms with E-state index < -0.39 is 23.8 Å². The number of nitrogens with zero attached hydrogens (tertiary/aromatic N) is 1. The number of nitrogens with two attached hydrogens (primary N) is 1. The van der Waals surface area contributed by atoms with Gasteiger partial charge in [-0.25, -0.2) is 13.2 Å². The molecule has 25 heavy (non-hydrogen) atoms. The highest BCUT2D eigenvalue weighted by molar-refractivity contribution is 6.01. The van der Waals surface area contributed by atoms with Crippen molar-refractivity contribution >= 4 is 17.5 Å². The molecule has 0 aliphatic heterocycles. The first-order valence-corrected chi connectivity index (χ1v) is 7.31. The summed E-state index contributed by atoms with van der Waals surface area (Å²) >= 11 is 0. The zero-order chi connectivity index (χ0) is 18.6. The second-order valence-electron chi connectivity index (χ2n) is 5.21. The number of rotatable bonds is 7. The third-order valence-electron chi connectivity index (χ3n) is 3.57. The summed E-state index contributed by atoms with van der Waals surface area (Å²) in [7, 11) is 0. The highest BCUT2D eigenvalue weighted by Crippen LogP contribution is 2.28. The van der Waals surface area contributed by atoms with Crippen LogP contribution in [-0.4, -0.2) is 17.5 Å². The second kappa shape index (κ2) is 7.79. The minimum absolute atomic E-state index is 0.0148. The zero-order valence-corrected chi connectivity index (χ0v) is 13.2. The summed E-state index contributed by atoms with van der Waals surface area (Å²) < 4.78 is 39.8. The highest BCUT2D eigenvalue weighted by Gasteiger charge is 2.21. The van der Waals surface area contributed by atoms with E-state index >= 15 is 0 Å². The Morgan fingerprint density at radius 3 is 2.68 bits per heavy atom. The van der Waals surface area contributed by atoms with Crippen LogP contribution in [-0.2, 0) is 0 Å². The fraction of sp³-hybridized carbons (Fsp3) is 0.267. The SMILES string of the molecule is C[C@@H](NC(=N)c1cc(NCN)[nH]c1N=O)c1cccc(C(F)F)c1F. The average molecular weight is 354 g/mol. The number of nitrogens with one attached hydrogen (secondary N) is 4. The van der Waals surface area contributed by atoms with Crippen molar-refractivity contribution in [1.82, 2.24) is 10.3 Å². The molecular weight excluding hydrogens is 337 g/mol. The minimum Gasteiger partial charge on any atom is -0.363 e. The van der Waals surface area contributed by atoms with Crippen molar-refractivity contribution in [2.75, 3.05) is 12.0 Å². The van der Waals surface area contributed by atoms with Crippen LogP contribution in [0, 0.1) is 16.1 Å². The van der Waals surface area contributed by atoms with E-state index in [1.165, 1.54) is 25.1 Å². The first-order valence-electron chi connectivity index (χ1n) is 7.31. The predicted molar refractivity (Wildman–Crippen MR) is 88.7 cm³/mol. The van der Waals surface area contributed by atoms with E-state index in [1.807, 2.05) is 0 Å². The molecule has 1 aromatic heterocycles. The second-order valence-corrected chi connectivity index (χ2v) is 5.21. The third-order valence-corrected chi connectivity index (χ3v) is 3.57. The number of halogens is 3. The number of aromatic amines is 1. The van der Waals surface area contributed by atoms with Crippen molar-refractivity contribution in [3.8, 4) is 0 Å². The van der Waals surface area contributed by atoms with Gasteiger partial charge in [-0.3, -0.25) is 5.41 Å². The van der Waals surface area contributed by atoms with Crippen LogP contribution in [0.15, 0.2) is 29.4 Å². The smallest absolute Gasteiger partial charge is 0.266 e. The number of hydrogen-bond donors (Lipinski definition) is 5. The van der Waals surface area contributed by atoms with Gasteiger partial charge in [0.1, 0.15) is 17.5 Å². The molecule has 2 aromatic rings. The number of nitroso groups, excluding NO2 is 1. The molecule has 1 atom stereocenters. The monoisotopic (exact) mass is 354 g/mol. The van der Waals surface area contributed by atoms with Crippen LogP contribution in [0.3, 0.4) is 0 Å². The summed E-state index contributed by atoms with van der Waals surface area (Å²) in [5.41, 5.74) is 4.76. The van der Waals surface area contributed by atoms with E-state index in [1.54, 1.807) is 0 Å². The third kappa shape index (κ3) is 3.97. The molecular formula is C15H17F3N6O. The Kier molecular flexibility index (Phi) is 5.75. The van der Waals surface area contributed by atoms with Crippen LogP contribution in [0.2, 0.25) is 0 Å². The molecule has 0 aliphatic carbocycles. The van der Waals surface area contributed by atoms with Crippen molar-refractivity contribution in [3.05, 3.63) is 51.7 Å². The Morgan fingerprint density at radius 2 is 2.08 bits per heavy atom. The number of benzene rings is 1. The van der Waals surface area contributed by atoms with Gasteiger partial charge < -0.3 is 21.4 Å². The molecule has 1 heterocycles. The van der Waals surface area contributed by atoms with Crippen molar-refractivity contribution in [2.45, 2.75) is 19.4 Å². The number of alkyl halides is 2. The first-order chi connectivity index (χ1) is 11.9. The summed E-state index contributed by atoms with van der Waals surface area (Å²) in [6.45, 7) is 1.61. The van der Waals surface area contributed by atoms with E-state index in [4.69, 9.17) is 11.1 Å². The van der Waals surface area contributed by atoms with Crippen LogP contribution in [0.25, 0.3) is 0 Å². The summed E-state index contributed by atoms with van der Waals surface area (Å²) in [6.07, 6.45) is -2.94. The van der Waals surface area contributed by atoms with Crippen LogP contribution < -0.4 is 16.4 Å². The lowest BCUT2D eigenvalue weighted by Gasteiger charge is -2.18. The van der Waals surface area contributed by atoms with Gasteiger partial charge in [-0.2, -0.15) is 0 Å². The Bertz CT molecular complexity index is 777. The molecule has 1 aromatic carbocycles. The molecule has 0 saturated heterocycles. The molecule has 0 amide bonds. The molecule has 0 radical (unpaired) electrons. The zero-order valence-electron chi connectivity index (χ0n) is 13.2. The quantitative estimate of drug-likeness (QED) is 0.226. The van der Waals surface area contributed by atoms with Crippen molar-refractivity contribution < 1.29 is 13.2 Å². The lowest BCUT2D eigenvalue weighted by Crippen LogP contribution is -2.27. The van der Waals surface area contributed by atoms with Crippen LogP contribution >= 0.6 is 0 Å². The van der Waals surface area contributed by atoms with Gasteiger partial charge in [0.25, 0.3) is 6.43 Å². The summed E-state index contributed by atoms with van der Waals surface area (Å²) in [5.74, 6) is -0.969. The Balaban J connectivity index is 2.24. The lowest BCUT2D eigenvalue weighted by molar-refractivity contribution is 0.146.